The maximum atomic E-state index is 10.7. The van der Waals surface area contributed by atoms with E-state index in [4.69, 9.17) is 26.2 Å². The molecule has 5 nitrogen and oxygen atoms in total. The Hall–Kier alpha value is -2.24. The third-order valence-electron chi connectivity index (χ3n) is 5.50. The number of hydrogen-bond donors (Lipinski definition) is 1. The van der Waals surface area contributed by atoms with Crippen molar-refractivity contribution in [2.24, 2.45) is 0 Å². The summed E-state index contributed by atoms with van der Waals surface area (Å²) in [5, 5.41) is 9.38. The van der Waals surface area contributed by atoms with Crippen LogP contribution in [0.15, 0.2) is 30.3 Å². The fourth-order valence-electron chi connectivity index (χ4n) is 4.02. The van der Waals surface area contributed by atoms with E-state index in [9.17, 15) is 4.79 Å². The van der Waals surface area contributed by atoms with Gasteiger partial charge in [-0.25, -0.2) is 0 Å². The molecule has 0 unspecified atom stereocenters. The van der Waals surface area contributed by atoms with Gasteiger partial charge in [-0.1, -0.05) is 29.8 Å². The molecule has 0 amide bonds. The molecule has 0 radical (unpaired) electrons. The highest BCUT2D eigenvalue weighted by Gasteiger charge is 2.26. The van der Waals surface area contributed by atoms with E-state index in [2.05, 4.69) is 30.0 Å². The van der Waals surface area contributed by atoms with Crippen molar-refractivity contribution in [1.82, 2.24) is 4.90 Å². The molecule has 0 fully saturated rings. The van der Waals surface area contributed by atoms with Gasteiger partial charge in [0.05, 0.1) is 11.6 Å². The summed E-state index contributed by atoms with van der Waals surface area (Å²) in [6, 6.07) is 10.1. The van der Waals surface area contributed by atoms with Crippen LogP contribution in [0.25, 0.3) is 0 Å². The van der Waals surface area contributed by atoms with Gasteiger partial charge >= 0.3 is 5.97 Å². The van der Waals surface area contributed by atoms with Crippen LogP contribution in [-0.2, 0) is 17.8 Å². The second-order valence-electron chi connectivity index (χ2n) is 7.85. The van der Waals surface area contributed by atoms with E-state index in [1.807, 2.05) is 26.1 Å². The lowest BCUT2D eigenvalue weighted by Gasteiger charge is -2.21. The van der Waals surface area contributed by atoms with Crippen LogP contribution in [0.3, 0.4) is 0 Å². The van der Waals surface area contributed by atoms with Gasteiger partial charge in [-0.3, -0.25) is 4.79 Å². The van der Waals surface area contributed by atoms with Gasteiger partial charge in [0, 0.05) is 24.6 Å². The molecule has 1 aliphatic carbocycles. The Balaban J connectivity index is 1.75. The highest BCUT2D eigenvalue weighted by atomic mass is 35.5. The van der Waals surface area contributed by atoms with Gasteiger partial charge < -0.3 is 19.5 Å². The predicted molar refractivity (Wildman–Crippen MR) is 119 cm³/mol. The van der Waals surface area contributed by atoms with Gasteiger partial charge in [0.25, 0.3) is 0 Å². The van der Waals surface area contributed by atoms with Crippen LogP contribution in [0.4, 0.5) is 0 Å². The zero-order chi connectivity index (χ0) is 21.7. The number of aliphatic carboxylic acids is 1. The summed E-state index contributed by atoms with van der Waals surface area (Å²) >= 11 is 6.59. The number of aryl methyl sites for hydroxylation is 1. The van der Waals surface area contributed by atoms with Crippen LogP contribution >= 0.6 is 11.6 Å². The van der Waals surface area contributed by atoms with E-state index < -0.39 is 5.97 Å². The Labute approximate surface area is 183 Å². The number of halogens is 1. The van der Waals surface area contributed by atoms with Gasteiger partial charge in [-0.05, 0) is 69.5 Å². The Morgan fingerprint density at radius 3 is 2.83 bits per heavy atom. The van der Waals surface area contributed by atoms with Crippen LogP contribution < -0.4 is 9.47 Å². The van der Waals surface area contributed by atoms with E-state index in [0.29, 0.717) is 36.9 Å². The van der Waals surface area contributed by atoms with Crippen LogP contribution in [0.2, 0.25) is 5.02 Å². The highest BCUT2D eigenvalue weighted by molar-refractivity contribution is 6.32. The van der Waals surface area contributed by atoms with Crippen molar-refractivity contribution in [2.45, 2.75) is 52.2 Å². The van der Waals surface area contributed by atoms with Gasteiger partial charge in [-0.15, -0.1) is 0 Å². The summed E-state index contributed by atoms with van der Waals surface area (Å²) < 4.78 is 12.2. The zero-order valence-corrected chi connectivity index (χ0v) is 18.7. The monoisotopic (exact) mass is 431 g/mol. The predicted octanol–water partition coefficient (Wildman–Crippen LogP) is 5.41. The number of fused-ring (bicyclic) bond motifs is 1. The standard InChI is InChI=1S/C24H30ClNO4/c1-4-29-22-14-23(30-21-11-10-18-16(2)7-5-8-19(18)21)20(25)13-17(22)15-26(3)12-6-9-24(27)28/h5,7-8,13-14,21H,4,6,9-12,15H2,1-3H3,(H,27,28)/t21-/m0/s1. The van der Waals surface area contributed by atoms with Crippen LogP contribution in [0.5, 0.6) is 11.5 Å². The lowest BCUT2D eigenvalue weighted by Crippen LogP contribution is -2.20. The minimum atomic E-state index is -0.772. The zero-order valence-electron chi connectivity index (χ0n) is 17.9. The topological polar surface area (TPSA) is 59.0 Å². The SMILES string of the molecule is CCOc1cc(O[C@H]2CCc3c(C)cccc32)c(Cl)cc1CN(C)CCCC(=O)O. The molecule has 0 saturated carbocycles. The van der Waals surface area contributed by atoms with Crippen LogP contribution in [0, 0.1) is 6.92 Å². The first kappa shape index (κ1) is 22.4. The minimum Gasteiger partial charge on any atom is -0.493 e. The number of nitrogens with zero attached hydrogens (tertiary/aromatic N) is 1. The van der Waals surface area contributed by atoms with Crippen LogP contribution in [-0.4, -0.2) is 36.2 Å². The molecule has 2 aromatic carbocycles. The highest BCUT2D eigenvalue weighted by Crippen LogP contribution is 2.40. The Morgan fingerprint density at radius 1 is 1.30 bits per heavy atom. The molecule has 0 aromatic heterocycles. The van der Waals surface area contributed by atoms with E-state index >= 15 is 0 Å². The smallest absolute Gasteiger partial charge is 0.303 e. The third-order valence-corrected chi connectivity index (χ3v) is 5.80. The molecule has 1 aliphatic rings. The molecule has 0 heterocycles. The van der Waals surface area contributed by atoms with Gasteiger partial charge in [0.1, 0.15) is 17.6 Å². The molecule has 0 aliphatic heterocycles. The molecular weight excluding hydrogens is 402 g/mol. The van der Waals surface area contributed by atoms with E-state index in [-0.39, 0.29) is 12.5 Å². The van der Waals surface area contributed by atoms with Gasteiger partial charge in [0.2, 0.25) is 0 Å². The number of hydrogen-bond acceptors (Lipinski definition) is 4. The molecule has 1 atom stereocenters. The largest absolute Gasteiger partial charge is 0.493 e. The van der Waals surface area contributed by atoms with Gasteiger partial charge in [0.15, 0.2) is 0 Å². The summed E-state index contributed by atoms with van der Waals surface area (Å²) in [4.78, 5) is 12.8. The molecule has 2 aromatic rings. The van der Waals surface area contributed by atoms with Crippen molar-refractivity contribution in [1.29, 1.82) is 0 Å². The second kappa shape index (κ2) is 10.2. The Bertz CT molecular complexity index is 899. The van der Waals surface area contributed by atoms with Crippen molar-refractivity contribution in [3.8, 4) is 11.5 Å². The summed E-state index contributed by atoms with van der Waals surface area (Å²) in [6.45, 7) is 5.95. The minimum absolute atomic E-state index is 0.00332. The number of carboxylic acids is 1. The van der Waals surface area contributed by atoms with Crippen molar-refractivity contribution >= 4 is 17.6 Å². The summed E-state index contributed by atoms with van der Waals surface area (Å²) in [6.07, 6.45) is 2.72. The maximum Gasteiger partial charge on any atom is 0.303 e. The quantitative estimate of drug-likeness (QED) is 0.545. The number of benzene rings is 2. The number of ether oxygens (including phenoxy) is 2. The third kappa shape index (κ3) is 5.46. The maximum absolute atomic E-state index is 10.7. The molecule has 3 rings (SSSR count). The summed E-state index contributed by atoms with van der Waals surface area (Å²) in [5.41, 5.74) is 4.89. The second-order valence-corrected chi connectivity index (χ2v) is 8.25. The average molecular weight is 432 g/mol. The van der Waals surface area contributed by atoms with Crippen LogP contribution in [0.1, 0.15) is 54.5 Å². The van der Waals surface area contributed by atoms with E-state index in [1.165, 1.54) is 16.7 Å². The lowest BCUT2D eigenvalue weighted by molar-refractivity contribution is -0.137. The molecular formula is C24H30ClNO4. The number of rotatable bonds is 10. The molecule has 30 heavy (non-hydrogen) atoms. The van der Waals surface area contributed by atoms with Crippen molar-refractivity contribution < 1.29 is 19.4 Å². The normalized spacial score (nSPS) is 15.3. The summed E-state index contributed by atoms with van der Waals surface area (Å²) in [5.74, 6) is 0.618. The molecule has 1 N–H and O–H groups in total. The van der Waals surface area contributed by atoms with Crippen molar-refractivity contribution in [3.63, 3.8) is 0 Å². The Morgan fingerprint density at radius 2 is 2.10 bits per heavy atom. The molecule has 0 spiro atoms. The van der Waals surface area contributed by atoms with Crippen molar-refractivity contribution in [2.75, 3.05) is 20.2 Å². The summed E-state index contributed by atoms with van der Waals surface area (Å²) in [7, 11) is 1.97. The Kier molecular flexibility index (Phi) is 7.62. The van der Waals surface area contributed by atoms with E-state index in [0.717, 1.165) is 24.2 Å². The lowest BCUT2D eigenvalue weighted by atomic mass is 10.0. The fraction of sp³-hybridized carbons (Fsp3) is 0.458. The first-order valence-corrected chi connectivity index (χ1v) is 10.9. The molecule has 6 heteroatoms. The first-order valence-electron chi connectivity index (χ1n) is 10.5. The fourth-order valence-corrected chi connectivity index (χ4v) is 4.26. The number of carbonyl (C=O) groups is 1. The first-order chi connectivity index (χ1) is 14.4. The average Bonchev–Trinajstić information content (AvgIpc) is 3.09. The van der Waals surface area contributed by atoms with Gasteiger partial charge in [-0.2, -0.15) is 0 Å². The molecule has 162 valence electrons. The number of carboxylic acid groups (broad SMARTS) is 1. The molecule has 0 bridgehead atoms. The van der Waals surface area contributed by atoms with Crippen molar-refractivity contribution in [3.05, 3.63) is 57.6 Å². The van der Waals surface area contributed by atoms with E-state index in [1.54, 1.807) is 0 Å². The molecule has 0 saturated heterocycles.